The molecule has 0 aliphatic heterocycles. The maximum absolute atomic E-state index is 12.0. The third-order valence-corrected chi connectivity index (χ3v) is 4.58. The predicted octanol–water partition coefficient (Wildman–Crippen LogP) is 5.38. The van der Waals surface area contributed by atoms with Gasteiger partial charge < -0.3 is 10.5 Å². The first-order chi connectivity index (χ1) is 13.2. The van der Waals surface area contributed by atoms with E-state index in [1.54, 1.807) is 26.8 Å². The molecule has 0 atom stereocenters. The van der Waals surface area contributed by atoms with Crippen molar-refractivity contribution in [2.45, 2.75) is 32.1 Å². The van der Waals surface area contributed by atoms with E-state index < -0.39 is 11.7 Å². The Balaban J connectivity index is 2.03. The van der Waals surface area contributed by atoms with E-state index in [1.807, 2.05) is 42.5 Å². The van der Waals surface area contributed by atoms with Crippen LogP contribution in [-0.2, 0) is 10.5 Å². The van der Waals surface area contributed by atoms with E-state index in [2.05, 4.69) is 31.4 Å². The third kappa shape index (κ3) is 8.14. The fourth-order valence-electron chi connectivity index (χ4n) is 2.07. The average molecular weight is 463 g/mol. The van der Waals surface area contributed by atoms with Crippen molar-refractivity contribution in [3.63, 3.8) is 0 Å². The summed E-state index contributed by atoms with van der Waals surface area (Å²) in [6.45, 7) is 5.42. The lowest BCUT2D eigenvalue weighted by Gasteiger charge is -2.20. The number of anilines is 1. The van der Waals surface area contributed by atoms with Crippen LogP contribution in [0.5, 0.6) is 0 Å². The number of nitrogens with one attached hydrogen (secondary N) is 1. The lowest BCUT2D eigenvalue weighted by molar-refractivity contribution is 0.0636. The van der Waals surface area contributed by atoms with Crippen molar-refractivity contribution in [3.8, 4) is 0 Å². The van der Waals surface area contributed by atoms with Gasteiger partial charge in [0.1, 0.15) is 5.60 Å². The Bertz CT molecular complexity index is 864. The molecule has 0 fully saturated rings. The van der Waals surface area contributed by atoms with Gasteiger partial charge in [-0.2, -0.15) is 5.10 Å². The molecule has 1 amide bonds. The monoisotopic (exact) mass is 462 g/mol. The highest BCUT2D eigenvalue weighted by Crippen LogP contribution is 2.21. The molecule has 0 saturated carbocycles. The van der Waals surface area contributed by atoms with E-state index in [0.29, 0.717) is 16.4 Å². The average Bonchev–Trinajstić information content (AvgIpc) is 2.61. The number of halogens is 1. The molecule has 0 spiro atoms. The second kappa shape index (κ2) is 10.3. The van der Waals surface area contributed by atoms with Crippen molar-refractivity contribution in [2.24, 2.45) is 15.9 Å². The quantitative estimate of drug-likeness (QED) is 0.354. The third-order valence-electron chi connectivity index (χ3n) is 3.23. The SMILES string of the molecule is CC(C)(C)OC(=O)Nc1cc(Br)ccc1C=NN=C(N)SCc1ccccc1. The van der Waals surface area contributed by atoms with Crippen LogP contribution in [-0.4, -0.2) is 23.1 Å². The molecule has 0 radical (unpaired) electrons. The van der Waals surface area contributed by atoms with Crippen molar-refractivity contribution in [2.75, 3.05) is 5.32 Å². The minimum atomic E-state index is -0.584. The van der Waals surface area contributed by atoms with Crippen LogP contribution in [0.3, 0.4) is 0 Å². The van der Waals surface area contributed by atoms with E-state index in [4.69, 9.17) is 10.5 Å². The van der Waals surface area contributed by atoms with Crippen molar-refractivity contribution >= 4 is 50.9 Å². The van der Waals surface area contributed by atoms with Crippen molar-refractivity contribution in [1.29, 1.82) is 0 Å². The van der Waals surface area contributed by atoms with E-state index >= 15 is 0 Å². The smallest absolute Gasteiger partial charge is 0.412 e. The lowest BCUT2D eigenvalue weighted by atomic mass is 10.2. The number of amidine groups is 1. The molecule has 8 heteroatoms. The first-order valence-electron chi connectivity index (χ1n) is 8.56. The van der Waals surface area contributed by atoms with Crippen LogP contribution in [0, 0.1) is 0 Å². The summed E-state index contributed by atoms with van der Waals surface area (Å²) in [5.41, 5.74) is 7.71. The van der Waals surface area contributed by atoms with Crippen molar-refractivity contribution < 1.29 is 9.53 Å². The Morgan fingerprint density at radius 1 is 1.25 bits per heavy atom. The van der Waals surface area contributed by atoms with Gasteiger partial charge in [-0.3, -0.25) is 5.32 Å². The van der Waals surface area contributed by atoms with Crippen molar-refractivity contribution in [1.82, 2.24) is 0 Å². The molecule has 148 valence electrons. The molecule has 0 aromatic heterocycles. The van der Waals surface area contributed by atoms with Crippen LogP contribution in [0.2, 0.25) is 0 Å². The molecule has 0 heterocycles. The van der Waals surface area contributed by atoms with Gasteiger partial charge in [-0.25, -0.2) is 4.79 Å². The molecule has 2 rings (SSSR count). The molecular weight excluding hydrogens is 440 g/mol. The number of carbonyl (C=O) groups excluding carboxylic acids is 1. The van der Waals surface area contributed by atoms with E-state index in [9.17, 15) is 4.79 Å². The molecule has 2 aromatic carbocycles. The van der Waals surface area contributed by atoms with Gasteiger partial charge in [-0.05, 0) is 38.5 Å². The number of hydrogen-bond donors (Lipinski definition) is 2. The molecule has 0 aliphatic carbocycles. The Morgan fingerprint density at radius 3 is 2.64 bits per heavy atom. The van der Waals surface area contributed by atoms with Crippen LogP contribution in [0.15, 0.2) is 63.2 Å². The number of nitrogens with two attached hydrogens (primary N) is 1. The Hall–Kier alpha value is -2.32. The Labute approximate surface area is 177 Å². The second-order valence-corrected chi connectivity index (χ2v) is 8.73. The highest BCUT2D eigenvalue weighted by atomic mass is 79.9. The maximum atomic E-state index is 12.0. The summed E-state index contributed by atoms with van der Waals surface area (Å²) < 4.78 is 6.11. The summed E-state index contributed by atoms with van der Waals surface area (Å²) in [7, 11) is 0. The van der Waals surface area contributed by atoms with E-state index in [1.165, 1.54) is 18.0 Å². The molecule has 3 N–H and O–H groups in total. The molecule has 2 aromatic rings. The minimum Gasteiger partial charge on any atom is -0.444 e. The first-order valence-corrected chi connectivity index (χ1v) is 10.3. The molecule has 0 saturated heterocycles. The molecule has 0 unspecified atom stereocenters. The number of rotatable bonds is 5. The molecular formula is C20H23BrN4O2S. The molecule has 0 aliphatic rings. The summed E-state index contributed by atoms with van der Waals surface area (Å²) in [6, 6.07) is 15.4. The highest BCUT2D eigenvalue weighted by molar-refractivity contribution is 9.10. The summed E-state index contributed by atoms with van der Waals surface area (Å²) in [4.78, 5) is 12.0. The molecule has 6 nitrogen and oxygen atoms in total. The lowest BCUT2D eigenvalue weighted by Crippen LogP contribution is -2.27. The van der Waals surface area contributed by atoms with Gasteiger partial charge in [0.2, 0.25) is 0 Å². The fourth-order valence-corrected chi connectivity index (χ4v) is 3.04. The number of nitrogens with zero attached hydrogens (tertiary/aromatic N) is 2. The number of thioether (sulfide) groups is 1. The number of benzene rings is 2. The zero-order valence-electron chi connectivity index (χ0n) is 16.0. The van der Waals surface area contributed by atoms with Crippen LogP contribution in [0.1, 0.15) is 31.9 Å². The highest BCUT2D eigenvalue weighted by Gasteiger charge is 2.17. The maximum Gasteiger partial charge on any atom is 0.412 e. The van der Waals surface area contributed by atoms with Gasteiger partial charge >= 0.3 is 6.09 Å². The van der Waals surface area contributed by atoms with Gasteiger partial charge in [0.15, 0.2) is 5.17 Å². The first kappa shape index (κ1) is 22.0. The standard InChI is InChI=1S/C20H23BrN4O2S/c1-20(2,3)27-19(26)24-17-11-16(21)10-9-15(17)12-23-25-18(22)28-13-14-7-5-4-6-8-14/h4-12H,13H2,1-3H3,(H2,22,25)(H,24,26). The summed E-state index contributed by atoms with van der Waals surface area (Å²) in [5.74, 6) is 0.718. The fraction of sp³-hybridized carbons (Fsp3) is 0.250. The summed E-state index contributed by atoms with van der Waals surface area (Å²) in [5, 5.41) is 11.1. The molecule has 28 heavy (non-hydrogen) atoms. The summed E-state index contributed by atoms with van der Waals surface area (Å²) >= 11 is 4.80. The largest absolute Gasteiger partial charge is 0.444 e. The zero-order valence-corrected chi connectivity index (χ0v) is 18.4. The van der Waals surface area contributed by atoms with Gasteiger partial charge in [-0.15, -0.1) is 5.10 Å². The second-order valence-electron chi connectivity index (χ2n) is 6.82. The van der Waals surface area contributed by atoms with Crippen LogP contribution < -0.4 is 11.1 Å². The molecule has 0 bridgehead atoms. The van der Waals surface area contributed by atoms with Gasteiger partial charge in [0.05, 0.1) is 11.9 Å². The number of ether oxygens (including phenoxy) is 1. The number of carbonyl (C=O) groups is 1. The summed E-state index contributed by atoms with van der Waals surface area (Å²) in [6.07, 6.45) is 0.997. The normalized spacial score (nSPS) is 12.2. The van der Waals surface area contributed by atoms with E-state index in [0.717, 1.165) is 15.8 Å². The topological polar surface area (TPSA) is 89.1 Å². The van der Waals surface area contributed by atoms with E-state index in [-0.39, 0.29) is 0 Å². The zero-order chi connectivity index (χ0) is 20.6. The number of amides is 1. The van der Waals surface area contributed by atoms with Gasteiger partial charge in [0.25, 0.3) is 0 Å². The number of hydrogen-bond acceptors (Lipinski definition) is 5. The van der Waals surface area contributed by atoms with Crippen molar-refractivity contribution in [3.05, 3.63) is 64.1 Å². The van der Waals surface area contributed by atoms with Gasteiger partial charge in [0, 0.05) is 15.8 Å². The minimum absolute atomic E-state index is 0.360. The Morgan fingerprint density at radius 2 is 1.96 bits per heavy atom. The Kier molecular flexibility index (Phi) is 8.07. The van der Waals surface area contributed by atoms with Gasteiger partial charge in [-0.1, -0.05) is 64.1 Å². The predicted molar refractivity (Wildman–Crippen MR) is 121 cm³/mol. The van der Waals surface area contributed by atoms with Crippen LogP contribution >= 0.6 is 27.7 Å². The van der Waals surface area contributed by atoms with Crippen LogP contribution in [0.4, 0.5) is 10.5 Å². The van der Waals surface area contributed by atoms with Crippen LogP contribution in [0.25, 0.3) is 0 Å².